The molecule has 1 N–H and O–H groups in total. The highest BCUT2D eigenvalue weighted by molar-refractivity contribution is 7.89. The van der Waals surface area contributed by atoms with Crippen LogP contribution in [0.4, 0.5) is 11.4 Å². The first-order chi connectivity index (χ1) is 12.1. The van der Waals surface area contributed by atoms with Crippen molar-refractivity contribution in [1.29, 1.82) is 0 Å². The summed E-state index contributed by atoms with van der Waals surface area (Å²) in [6.07, 6.45) is -0.358. The van der Waals surface area contributed by atoms with Crippen molar-refractivity contribution in [3.05, 3.63) is 33.9 Å². The lowest BCUT2D eigenvalue weighted by atomic mass is 10.1. The molecule has 1 aromatic rings. The number of ether oxygens (including phenoxy) is 1. The van der Waals surface area contributed by atoms with E-state index < -0.39 is 14.9 Å². The van der Waals surface area contributed by atoms with E-state index in [1.807, 2.05) is 13.8 Å². The molecule has 1 aliphatic rings. The summed E-state index contributed by atoms with van der Waals surface area (Å²) in [7, 11) is -3.51. The number of morpholine rings is 1. The van der Waals surface area contributed by atoms with Gasteiger partial charge in [0.05, 0.1) is 22.9 Å². The minimum Gasteiger partial charge on any atom is -0.378 e. The standard InChI is InChI=1S/C16H23N3O6S/c1-11-9-18(10-12(2)25-11)26(23,24)7-6-17-15-5-4-14(13(3)20)8-16(15)19(21)22/h4-5,8,11-12,17H,6-7,9-10H2,1-3H3/t11-,12-/m0/s1. The zero-order valence-corrected chi connectivity index (χ0v) is 15.8. The minimum absolute atomic E-state index is 0.0166. The quantitative estimate of drug-likeness (QED) is 0.430. The lowest BCUT2D eigenvalue weighted by Gasteiger charge is -2.34. The molecule has 0 aromatic heterocycles. The average Bonchev–Trinajstić information content (AvgIpc) is 2.53. The Kier molecular flexibility index (Phi) is 6.32. The number of nitrogens with one attached hydrogen (secondary N) is 1. The van der Waals surface area contributed by atoms with Gasteiger partial charge in [0.15, 0.2) is 5.78 Å². The third-order valence-corrected chi connectivity index (χ3v) is 5.86. The molecule has 10 heteroatoms. The third kappa shape index (κ3) is 4.99. The van der Waals surface area contributed by atoms with Crippen molar-refractivity contribution in [2.24, 2.45) is 0 Å². The van der Waals surface area contributed by atoms with Crippen LogP contribution in [0.1, 0.15) is 31.1 Å². The molecule has 1 fully saturated rings. The summed E-state index contributed by atoms with van der Waals surface area (Å²) in [6, 6.07) is 4.07. The van der Waals surface area contributed by atoms with Crippen LogP contribution in [0.25, 0.3) is 0 Å². The van der Waals surface area contributed by atoms with Crippen LogP contribution in [0.2, 0.25) is 0 Å². The second-order valence-electron chi connectivity index (χ2n) is 6.36. The van der Waals surface area contributed by atoms with Crippen molar-refractivity contribution in [1.82, 2.24) is 4.31 Å². The van der Waals surface area contributed by atoms with Crippen LogP contribution >= 0.6 is 0 Å². The number of hydrogen-bond donors (Lipinski definition) is 1. The number of ketones is 1. The van der Waals surface area contributed by atoms with Crippen molar-refractivity contribution in [2.45, 2.75) is 33.0 Å². The van der Waals surface area contributed by atoms with Gasteiger partial charge in [0.2, 0.25) is 10.0 Å². The molecule has 2 rings (SSSR count). The number of carbonyl (C=O) groups is 1. The summed E-state index contributed by atoms with van der Waals surface area (Å²) in [5.74, 6) is -0.476. The van der Waals surface area contributed by atoms with Crippen molar-refractivity contribution in [3.8, 4) is 0 Å². The molecule has 1 heterocycles. The van der Waals surface area contributed by atoms with Gasteiger partial charge in [0.1, 0.15) is 5.69 Å². The van der Waals surface area contributed by atoms with E-state index in [1.165, 1.54) is 29.4 Å². The second-order valence-corrected chi connectivity index (χ2v) is 8.45. The molecule has 0 aliphatic carbocycles. The Labute approximate surface area is 152 Å². The SMILES string of the molecule is CC(=O)c1ccc(NCCS(=O)(=O)N2C[C@H](C)O[C@@H](C)C2)c([N+](=O)[O-])c1. The van der Waals surface area contributed by atoms with Gasteiger partial charge in [-0.05, 0) is 32.9 Å². The highest BCUT2D eigenvalue weighted by atomic mass is 32.2. The topological polar surface area (TPSA) is 119 Å². The molecule has 0 radical (unpaired) electrons. The smallest absolute Gasteiger partial charge is 0.293 e. The molecule has 0 amide bonds. The van der Waals surface area contributed by atoms with E-state index in [0.717, 1.165) is 0 Å². The first-order valence-corrected chi connectivity index (χ1v) is 9.87. The van der Waals surface area contributed by atoms with Crippen molar-refractivity contribution in [2.75, 3.05) is 30.7 Å². The lowest BCUT2D eigenvalue weighted by Crippen LogP contribution is -2.49. The fourth-order valence-electron chi connectivity index (χ4n) is 2.85. The normalized spacial score (nSPS) is 21.3. The van der Waals surface area contributed by atoms with E-state index in [-0.39, 0.29) is 47.2 Å². The van der Waals surface area contributed by atoms with Crippen molar-refractivity contribution in [3.63, 3.8) is 0 Å². The predicted octanol–water partition coefficient (Wildman–Crippen LogP) is 1.65. The molecule has 144 valence electrons. The van der Waals surface area contributed by atoms with Crippen LogP contribution in [-0.4, -0.2) is 61.0 Å². The number of sulfonamides is 1. The average molecular weight is 385 g/mol. The number of Topliss-reactive ketones (excluding diaryl/α,β-unsaturated/α-hetero) is 1. The molecule has 26 heavy (non-hydrogen) atoms. The molecule has 0 spiro atoms. The number of benzene rings is 1. The van der Waals surface area contributed by atoms with Crippen LogP contribution in [0, 0.1) is 10.1 Å². The van der Waals surface area contributed by atoms with Gasteiger partial charge in [0, 0.05) is 31.3 Å². The van der Waals surface area contributed by atoms with Crippen LogP contribution in [0.3, 0.4) is 0 Å². The van der Waals surface area contributed by atoms with Gasteiger partial charge >= 0.3 is 0 Å². The Morgan fingerprint density at radius 1 is 1.35 bits per heavy atom. The fourth-order valence-corrected chi connectivity index (χ4v) is 4.35. The summed E-state index contributed by atoms with van der Waals surface area (Å²) in [5.41, 5.74) is 0.147. The maximum absolute atomic E-state index is 12.5. The van der Waals surface area contributed by atoms with Crippen LogP contribution in [-0.2, 0) is 14.8 Å². The number of nitrogens with zero attached hydrogens (tertiary/aromatic N) is 2. The van der Waals surface area contributed by atoms with E-state index in [4.69, 9.17) is 4.74 Å². The monoisotopic (exact) mass is 385 g/mol. The highest BCUT2D eigenvalue weighted by Crippen LogP contribution is 2.26. The van der Waals surface area contributed by atoms with E-state index in [9.17, 15) is 23.3 Å². The Balaban J connectivity index is 2.05. The van der Waals surface area contributed by atoms with Gasteiger partial charge in [-0.1, -0.05) is 0 Å². The van der Waals surface area contributed by atoms with Gasteiger partial charge in [-0.25, -0.2) is 8.42 Å². The zero-order valence-electron chi connectivity index (χ0n) is 15.0. The summed E-state index contributed by atoms with van der Waals surface area (Å²) in [4.78, 5) is 22.0. The molecule has 1 aromatic carbocycles. The third-order valence-electron chi connectivity index (χ3n) is 4.06. The number of nitro benzene ring substituents is 1. The molecule has 2 atom stereocenters. The molecule has 0 saturated carbocycles. The zero-order chi connectivity index (χ0) is 19.5. The fraction of sp³-hybridized carbons (Fsp3) is 0.562. The molecule has 9 nitrogen and oxygen atoms in total. The number of carbonyl (C=O) groups excluding carboxylic acids is 1. The lowest BCUT2D eigenvalue weighted by molar-refractivity contribution is -0.384. The number of hydrogen-bond acceptors (Lipinski definition) is 7. The Morgan fingerprint density at radius 3 is 2.50 bits per heavy atom. The molecule has 0 unspecified atom stereocenters. The summed E-state index contributed by atoms with van der Waals surface area (Å²) < 4.78 is 31.9. The number of rotatable bonds is 7. The van der Waals surface area contributed by atoms with Gasteiger partial charge in [-0.15, -0.1) is 0 Å². The first-order valence-electron chi connectivity index (χ1n) is 8.26. The molecular formula is C16H23N3O6S. The van der Waals surface area contributed by atoms with E-state index in [0.29, 0.717) is 13.1 Å². The number of nitro groups is 1. The Morgan fingerprint density at radius 2 is 1.96 bits per heavy atom. The highest BCUT2D eigenvalue weighted by Gasteiger charge is 2.30. The van der Waals surface area contributed by atoms with Crippen LogP contribution in [0.15, 0.2) is 18.2 Å². The summed E-state index contributed by atoms with van der Waals surface area (Å²) >= 11 is 0. The predicted molar refractivity (Wildman–Crippen MR) is 97.0 cm³/mol. The largest absolute Gasteiger partial charge is 0.378 e. The van der Waals surface area contributed by atoms with E-state index in [1.54, 1.807) is 0 Å². The number of anilines is 1. The minimum atomic E-state index is -3.51. The second kappa shape index (κ2) is 8.11. The molecular weight excluding hydrogens is 362 g/mol. The Hall–Kier alpha value is -2.04. The molecule has 0 bridgehead atoms. The molecule has 1 saturated heterocycles. The molecule has 1 aliphatic heterocycles. The summed E-state index contributed by atoms with van der Waals surface area (Å²) in [5, 5.41) is 14.0. The van der Waals surface area contributed by atoms with Crippen molar-refractivity contribution < 1.29 is 22.9 Å². The van der Waals surface area contributed by atoms with Crippen molar-refractivity contribution >= 4 is 27.2 Å². The van der Waals surface area contributed by atoms with Gasteiger partial charge in [-0.3, -0.25) is 14.9 Å². The first kappa shape index (κ1) is 20.3. The van der Waals surface area contributed by atoms with Crippen LogP contribution in [0.5, 0.6) is 0 Å². The van der Waals surface area contributed by atoms with E-state index >= 15 is 0 Å². The van der Waals surface area contributed by atoms with Gasteiger partial charge < -0.3 is 10.1 Å². The van der Waals surface area contributed by atoms with Crippen LogP contribution < -0.4 is 5.32 Å². The maximum atomic E-state index is 12.5. The van der Waals surface area contributed by atoms with Gasteiger partial charge in [0.25, 0.3) is 5.69 Å². The van der Waals surface area contributed by atoms with Gasteiger partial charge in [-0.2, -0.15) is 4.31 Å². The maximum Gasteiger partial charge on any atom is 0.293 e. The summed E-state index contributed by atoms with van der Waals surface area (Å²) in [6.45, 7) is 5.55. The Bertz CT molecular complexity index is 785. The van der Waals surface area contributed by atoms with E-state index in [2.05, 4.69) is 5.32 Å².